The number of nitrogens with two attached hydrogens (primary N) is 1. The summed E-state index contributed by atoms with van der Waals surface area (Å²) in [6, 6.07) is 10.1. The van der Waals surface area contributed by atoms with E-state index in [0.29, 0.717) is 30.5 Å². The number of benzene rings is 1. The van der Waals surface area contributed by atoms with Crippen LogP contribution < -0.4 is 5.73 Å². The summed E-state index contributed by atoms with van der Waals surface area (Å²) in [6.07, 6.45) is 1.70. The number of nitrogens with zero attached hydrogens (tertiary/aromatic N) is 4. The van der Waals surface area contributed by atoms with E-state index in [4.69, 9.17) is 20.4 Å². The molecular formula is C18H16IN5OS. The molecule has 8 heteroatoms. The van der Waals surface area contributed by atoms with Gasteiger partial charge in [0.2, 0.25) is 0 Å². The van der Waals surface area contributed by atoms with Crippen molar-refractivity contribution in [2.75, 3.05) is 19.5 Å². The second-order valence-electron chi connectivity index (χ2n) is 5.65. The lowest BCUT2D eigenvalue weighted by Crippen LogP contribution is -2.08. The molecule has 26 heavy (non-hydrogen) atoms. The molecule has 4 rings (SSSR count). The molecule has 0 saturated heterocycles. The Morgan fingerprint density at radius 3 is 2.88 bits per heavy atom. The summed E-state index contributed by atoms with van der Waals surface area (Å²) in [4.78, 5) is 15.0. The molecule has 0 bridgehead atoms. The monoisotopic (exact) mass is 477 g/mol. The number of nitrogen functional groups attached to an aromatic ring is 1. The first-order valence-corrected chi connectivity index (χ1v) is 9.95. The van der Waals surface area contributed by atoms with Gasteiger partial charge in [0.1, 0.15) is 11.2 Å². The normalized spacial score (nSPS) is 11.3. The standard InChI is InChI=1S/C18H16IN5OS/c1-25-8-7-24-13-5-2-4-11(19)15(13)23-18(24)16-17(20)21-10-12(22-16)14-6-3-9-26-14/h2-6,9-10H,7-8H2,1H3,(H2,20,21). The van der Waals surface area contributed by atoms with Crippen molar-refractivity contribution < 1.29 is 4.74 Å². The molecule has 3 aromatic heterocycles. The quantitative estimate of drug-likeness (QED) is 0.439. The van der Waals surface area contributed by atoms with Gasteiger partial charge in [-0.1, -0.05) is 12.1 Å². The van der Waals surface area contributed by atoms with Crippen LogP contribution in [0, 0.1) is 3.57 Å². The van der Waals surface area contributed by atoms with Crippen LogP contribution in [0.1, 0.15) is 0 Å². The van der Waals surface area contributed by atoms with Crippen LogP contribution in [0.3, 0.4) is 0 Å². The molecule has 2 N–H and O–H groups in total. The first-order chi connectivity index (χ1) is 12.7. The molecular weight excluding hydrogens is 461 g/mol. The molecule has 3 heterocycles. The highest BCUT2D eigenvalue weighted by Crippen LogP contribution is 2.31. The minimum Gasteiger partial charge on any atom is -0.383 e. The molecule has 132 valence electrons. The highest BCUT2D eigenvalue weighted by atomic mass is 127. The number of halogens is 1. The van der Waals surface area contributed by atoms with Crippen LogP contribution in [-0.2, 0) is 11.3 Å². The number of para-hydroxylation sites is 1. The molecule has 0 fully saturated rings. The molecule has 0 aliphatic carbocycles. The highest BCUT2D eigenvalue weighted by molar-refractivity contribution is 14.1. The van der Waals surface area contributed by atoms with E-state index in [9.17, 15) is 0 Å². The molecule has 0 unspecified atom stereocenters. The zero-order chi connectivity index (χ0) is 18.1. The molecule has 0 radical (unpaired) electrons. The maximum absolute atomic E-state index is 6.18. The fourth-order valence-electron chi connectivity index (χ4n) is 2.81. The van der Waals surface area contributed by atoms with Crippen LogP contribution in [0.25, 0.3) is 33.1 Å². The van der Waals surface area contributed by atoms with Gasteiger partial charge in [0.15, 0.2) is 11.6 Å². The minimum atomic E-state index is 0.370. The van der Waals surface area contributed by atoms with E-state index in [1.807, 2.05) is 29.6 Å². The Labute approximate surface area is 168 Å². The van der Waals surface area contributed by atoms with Crippen LogP contribution in [0.15, 0.2) is 41.9 Å². The number of fused-ring (bicyclic) bond motifs is 1. The average Bonchev–Trinajstić information content (AvgIpc) is 3.29. The van der Waals surface area contributed by atoms with Gasteiger partial charge < -0.3 is 15.0 Å². The van der Waals surface area contributed by atoms with Crippen LogP contribution in [0.4, 0.5) is 5.82 Å². The minimum absolute atomic E-state index is 0.370. The topological polar surface area (TPSA) is 78.8 Å². The van der Waals surface area contributed by atoms with Crippen LogP contribution in [-0.4, -0.2) is 33.2 Å². The molecule has 0 spiro atoms. The van der Waals surface area contributed by atoms with Crippen molar-refractivity contribution in [3.63, 3.8) is 0 Å². The van der Waals surface area contributed by atoms with Gasteiger partial charge >= 0.3 is 0 Å². The molecule has 0 saturated carbocycles. The van der Waals surface area contributed by atoms with Gasteiger partial charge in [0.05, 0.1) is 28.9 Å². The maximum atomic E-state index is 6.18. The smallest absolute Gasteiger partial charge is 0.163 e. The molecule has 4 aromatic rings. The van der Waals surface area contributed by atoms with Gasteiger partial charge in [-0.05, 0) is 46.2 Å². The SMILES string of the molecule is COCCn1c(-c2nc(-c3cccs3)cnc2N)nc2c(I)cccc21. The third-order valence-corrected chi connectivity index (χ3v) is 5.80. The van der Waals surface area contributed by atoms with Crippen molar-refractivity contribution in [2.24, 2.45) is 0 Å². The lowest BCUT2D eigenvalue weighted by molar-refractivity contribution is 0.188. The predicted octanol–water partition coefficient (Wildman–Crippen LogP) is 4.06. The maximum Gasteiger partial charge on any atom is 0.163 e. The van der Waals surface area contributed by atoms with Crippen molar-refractivity contribution in [3.8, 4) is 22.1 Å². The van der Waals surface area contributed by atoms with Crippen molar-refractivity contribution >= 4 is 50.8 Å². The molecule has 0 amide bonds. The number of hydrogen-bond donors (Lipinski definition) is 1. The summed E-state index contributed by atoms with van der Waals surface area (Å²) in [7, 11) is 1.69. The van der Waals surface area contributed by atoms with Gasteiger partial charge in [-0.25, -0.2) is 15.0 Å². The second kappa shape index (κ2) is 7.29. The molecule has 0 aliphatic heterocycles. The summed E-state index contributed by atoms with van der Waals surface area (Å²) in [6.45, 7) is 1.23. The van der Waals surface area contributed by atoms with Crippen molar-refractivity contribution in [1.29, 1.82) is 0 Å². The third kappa shape index (κ3) is 3.08. The molecule has 0 aliphatic rings. The Morgan fingerprint density at radius 1 is 1.23 bits per heavy atom. The van der Waals surface area contributed by atoms with Crippen molar-refractivity contribution in [3.05, 3.63) is 45.5 Å². The summed E-state index contributed by atoms with van der Waals surface area (Å²) in [5, 5.41) is 2.02. The van der Waals surface area contributed by atoms with E-state index in [2.05, 4.69) is 38.2 Å². The number of thiophene rings is 1. The summed E-state index contributed by atoms with van der Waals surface area (Å²) in [5.74, 6) is 1.08. The van der Waals surface area contributed by atoms with Crippen LogP contribution in [0.2, 0.25) is 0 Å². The summed E-state index contributed by atoms with van der Waals surface area (Å²) in [5.41, 5.74) is 9.53. The van der Waals surface area contributed by atoms with E-state index in [1.165, 1.54) is 0 Å². The lowest BCUT2D eigenvalue weighted by atomic mass is 10.3. The Morgan fingerprint density at radius 2 is 2.12 bits per heavy atom. The molecule has 1 aromatic carbocycles. The Balaban J connectivity index is 1.93. The third-order valence-electron chi connectivity index (χ3n) is 4.03. The number of imidazole rings is 1. The number of ether oxygens (including phenoxy) is 1. The van der Waals surface area contributed by atoms with E-state index < -0.39 is 0 Å². The van der Waals surface area contributed by atoms with Gasteiger partial charge in [0, 0.05) is 17.2 Å². The van der Waals surface area contributed by atoms with Gasteiger partial charge in [-0.15, -0.1) is 11.3 Å². The van der Waals surface area contributed by atoms with E-state index in [1.54, 1.807) is 24.6 Å². The zero-order valence-corrected chi connectivity index (χ0v) is 17.0. The molecule has 6 nitrogen and oxygen atoms in total. The highest BCUT2D eigenvalue weighted by Gasteiger charge is 2.19. The lowest BCUT2D eigenvalue weighted by Gasteiger charge is -2.10. The Hall–Kier alpha value is -2.04. The number of aromatic nitrogens is 4. The van der Waals surface area contributed by atoms with E-state index >= 15 is 0 Å². The summed E-state index contributed by atoms with van der Waals surface area (Å²) < 4.78 is 8.46. The first-order valence-electron chi connectivity index (χ1n) is 7.99. The summed E-state index contributed by atoms with van der Waals surface area (Å²) >= 11 is 3.92. The molecule has 0 atom stereocenters. The Bertz CT molecular complexity index is 1060. The average molecular weight is 477 g/mol. The second-order valence-corrected chi connectivity index (χ2v) is 7.76. The number of rotatable bonds is 5. The predicted molar refractivity (Wildman–Crippen MR) is 113 cm³/mol. The fraction of sp³-hybridized carbons (Fsp3) is 0.167. The number of methoxy groups -OCH3 is 1. The van der Waals surface area contributed by atoms with Crippen LogP contribution in [0.5, 0.6) is 0 Å². The zero-order valence-electron chi connectivity index (χ0n) is 14.0. The van der Waals surface area contributed by atoms with E-state index in [0.717, 1.165) is 25.2 Å². The van der Waals surface area contributed by atoms with Crippen molar-refractivity contribution in [2.45, 2.75) is 6.54 Å². The van der Waals surface area contributed by atoms with E-state index in [-0.39, 0.29) is 0 Å². The van der Waals surface area contributed by atoms with Gasteiger partial charge in [0.25, 0.3) is 0 Å². The fourth-order valence-corrected chi connectivity index (χ4v) is 4.09. The largest absolute Gasteiger partial charge is 0.383 e. The number of anilines is 1. The van der Waals surface area contributed by atoms with Crippen LogP contribution >= 0.6 is 33.9 Å². The first kappa shape index (κ1) is 17.4. The van der Waals surface area contributed by atoms with Gasteiger partial charge in [-0.3, -0.25) is 0 Å². The Kier molecular flexibility index (Phi) is 4.88. The van der Waals surface area contributed by atoms with Gasteiger partial charge in [-0.2, -0.15) is 0 Å². The number of hydrogen-bond acceptors (Lipinski definition) is 6. The van der Waals surface area contributed by atoms with Crippen molar-refractivity contribution in [1.82, 2.24) is 19.5 Å².